The summed E-state index contributed by atoms with van der Waals surface area (Å²) >= 11 is 0. The molecule has 2 unspecified atom stereocenters. The molecular formula is C7H11NO. The van der Waals surface area contributed by atoms with E-state index in [2.05, 4.69) is 17.5 Å². The van der Waals surface area contributed by atoms with Crippen molar-refractivity contribution in [2.24, 2.45) is 0 Å². The van der Waals surface area contributed by atoms with Gasteiger partial charge in [-0.25, -0.2) is 0 Å². The van der Waals surface area contributed by atoms with Crippen molar-refractivity contribution in [3.8, 4) is 0 Å². The summed E-state index contributed by atoms with van der Waals surface area (Å²) in [4.78, 5) is 0. The number of rotatable bonds is 0. The highest BCUT2D eigenvalue weighted by atomic mass is 16.5. The van der Waals surface area contributed by atoms with Crippen molar-refractivity contribution < 1.29 is 4.74 Å². The number of hydrogen-bond donors (Lipinski definition) is 1. The summed E-state index contributed by atoms with van der Waals surface area (Å²) in [5.41, 5.74) is 0. The van der Waals surface area contributed by atoms with Gasteiger partial charge in [0.25, 0.3) is 0 Å². The first-order valence-electron chi connectivity index (χ1n) is 3.48. The summed E-state index contributed by atoms with van der Waals surface area (Å²) < 4.78 is 5.45. The molecule has 0 saturated carbocycles. The predicted molar refractivity (Wildman–Crippen MR) is 35.3 cm³/mol. The second kappa shape index (κ2) is 2.12. The van der Waals surface area contributed by atoms with Gasteiger partial charge in [0.1, 0.15) is 0 Å². The molecule has 1 fully saturated rings. The third kappa shape index (κ3) is 0.884. The van der Waals surface area contributed by atoms with Gasteiger partial charge in [-0.05, 0) is 6.42 Å². The van der Waals surface area contributed by atoms with E-state index in [1.807, 2.05) is 0 Å². The molecule has 0 bridgehead atoms. The fourth-order valence-corrected chi connectivity index (χ4v) is 1.44. The predicted octanol–water partition coefficient (Wildman–Crippen LogP) is 0.303. The molecule has 2 nitrogen and oxygen atoms in total. The minimum absolute atomic E-state index is 0.374. The summed E-state index contributed by atoms with van der Waals surface area (Å²) in [6, 6.07) is 0.582. The van der Waals surface area contributed by atoms with Gasteiger partial charge in [0, 0.05) is 12.6 Å². The topological polar surface area (TPSA) is 21.3 Å². The van der Waals surface area contributed by atoms with Crippen LogP contribution in [0.1, 0.15) is 6.42 Å². The van der Waals surface area contributed by atoms with Crippen molar-refractivity contribution in [3.05, 3.63) is 12.2 Å². The van der Waals surface area contributed by atoms with Crippen LogP contribution in [0.4, 0.5) is 0 Å². The third-order valence-electron chi connectivity index (χ3n) is 1.93. The standard InChI is InChI=1S/C7H11NO/c1-2-6-7(3-1)9-5-4-8-6/h1,3,6-8H,2,4-5H2. The lowest BCUT2D eigenvalue weighted by atomic mass is 10.2. The van der Waals surface area contributed by atoms with E-state index >= 15 is 0 Å². The van der Waals surface area contributed by atoms with Gasteiger partial charge in [0.15, 0.2) is 0 Å². The van der Waals surface area contributed by atoms with Crippen molar-refractivity contribution in [1.29, 1.82) is 0 Å². The van der Waals surface area contributed by atoms with Crippen molar-refractivity contribution in [1.82, 2.24) is 5.32 Å². The number of nitrogens with one attached hydrogen (secondary N) is 1. The van der Waals surface area contributed by atoms with Crippen LogP contribution in [0.5, 0.6) is 0 Å². The highest BCUT2D eigenvalue weighted by molar-refractivity contribution is 5.07. The van der Waals surface area contributed by atoms with Crippen LogP contribution in [-0.2, 0) is 4.74 Å². The van der Waals surface area contributed by atoms with Gasteiger partial charge in [-0.2, -0.15) is 0 Å². The molecule has 2 atom stereocenters. The second-order valence-electron chi connectivity index (χ2n) is 2.56. The summed E-state index contributed by atoms with van der Waals surface area (Å²) in [6.07, 6.45) is 5.86. The fraction of sp³-hybridized carbons (Fsp3) is 0.714. The Hall–Kier alpha value is -0.340. The maximum atomic E-state index is 5.45. The molecule has 0 spiro atoms. The molecule has 9 heavy (non-hydrogen) atoms. The Morgan fingerprint density at radius 3 is 3.44 bits per heavy atom. The van der Waals surface area contributed by atoms with Crippen LogP contribution in [0.25, 0.3) is 0 Å². The Bertz CT molecular complexity index is 133. The van der Waals surface area contributed by atoms with Crippen LogP contribution in [0.15, 0.2) is 12.2 Å². The zero-order chi connectivity index (χ0) is 6.10. The van der Waals surface area contributed by atoms with Gasteiger partial charge < -0.3 is 10.1 Å². The molecule has 0 amide bonds. The fourth-order valence-electron chi connectivity index (χ4n) is 1.44. The van der Waals surface area contributed by atoms with E-state index in [1.54, 1.807) is 0 Å². The minimum atomic E-state index is 0.374. The SMILES string of the molecule is C1=CC2OCCNC2C1. The molecule has 0 aromatic rings. The van der Waals surface area contributed by atoms with Crippen LogP contribution in [0, 0.1) is 0 Å². The van der Waals surface area contributed by atoms with Gasteiger partial charge in [0.05, 0.1) is 12.7 Å². The number of fused-ring (bicyclic) bond motifs is 1. The van der Waals surface area contributed by atoms with E-state index in [-0.39, 0.29) is 0 Å². The molecule has 0 radical (unpaired) electrons. The van der Waals surface area contributed by atoms with E-state index in [0.717, 1.165) is 19.6 Å². The van der Waals surface area contributed by atoms with Crippen LogP contribution in [0.3, 0.4) is 0 Å². The molecule has 1 heterocycles. The molecule has 2 heteroatoms. The lowest BCUT2D eigenvalue weighted by Gasteiger charge is -2.26. The highest BCUT2D eigenvalue weighted by Gasteiger charge is 2.25. The van der Waals surface area contributed by atoms with Crippen molar-refractivity contribution in [2.75, 3.05) is 13.2 Å². The first-order valence-corrected chi connectivity index (χ1v) is 3.48. The first-order chi connectivity index (χ1) is 4.47. The van der Waals surface area contributed by atoms with Crippen LogP contribution in [0.2, 0.25) is 0 Å². The Balaban J connectivity index is 2.03. The lowest BCUT2D eigenvalue weighted by Crippen LogP contribution is -2.44. The Morgan fingerprint density at radius 2 is 2.56 bits per heavy atom. The van der Waals surface area contributed by atoms with Crippen molar-refractivity contribution in [2.45, 2.75) is 18.6 Å². The van der Waals surface area contributed by atoms with Crippen LogP contribution in [-0.4, -0.2) is 25.3 Å². The number of morpholine rings is 1. The Labute approximate surface area is 54.9 Å². The molecule has 0 aromatic carbocycles. The molecule has 0 aromatic heterocycles. The van der Waals surface area contributed by atoms with E-state index < -0.39 is 0 Å². The largest absolute Gasteiger partial charge is 0.371 e. The zero-order valence-corrected chi connectivity index (χ0v) is 5.34. The molecule has 2 rings (SSSR count). The van der Waals surface area contributed by atoms with Crippen LogP contribution >= 0.6 is 0 Å². The Morgan fingerprint density at radius 1 is 1.56 bits per heavy atom. The van der Waals surface area contributed by atoms with E-state index in [1.165, 1.54) is 0 Å². The maximum absolute atomic E-state index is 5.45. The summed E-state index contributed by atoms with van der Waals surface area (Å²) in [7, 11) is 0. The van der Waals surface area contributed by atoms with Crippen molar-refractivity contribution >= 4 is 0 Å². The normalized spacial score (nSPS) is 40.9. The Kier molecular flexibility index (Phi) is 1.28. The third-order valence-corrected chi connectivity index (χ3v) is 1.93. The van der Waals surface area contributed by atoms with Crippen molar-refractivity contribution in [3.63, 3.8) is 0 Å². The second-order valence-corrected chi connectivity index (χ2v) is 2.56. The highest BCUT2D eigenvalue weighted by Crippen LogP contribution is 2.16. The molecule has 50 valence electrons. The van der Waals surface area contributed by atoms with E-state index in [9.17, 15) is 0 Å². The van der Waals surface area contributed by atoms with Gasteiger partial charge >= 0.3 is 0 Å². The number of hydrogen-bond acceptors (Lipinski definition) is 2. The molecule has 1 aliphatic carbocycles. The van der Waals surface area contributed by atoms with Gasteiger partial charge in [-0.3, -0.25) is 0 Å². The lowest BCUT2D eigenvalue weighted by molar-refractivity contribution is 0.0337. The summed E-state index contributed by atoms with van der Waals surface area (Å²) in [5, 5.41) is 3.39. The van der Waals surface area contributed by atoms with Gasteiger partial charge in [-0.1, -0.05) is 12.2 Å². The average molecular weight is 125 g/mol. The smallest absolute Gasteiger partial charge is 0.0912 e. The summed E-state index contributed by atoms with van der Waals surface area (Å²) in [5.74, 6) is 0. The van der Waals surface area contributed by atoms with Gasteiger partial charge in [0.2, 0.25) is 0 Å². The van der Waals surface area contributed by atoms with E-state index in [0.29, 0.717) is 12.1 Å². The van der Waals surface area contributed by atoms with Crippen LogP contribution < -0.4 is 5.32 Å². The zero-order valence-electron chi connectivity index (χ0n) is 5.34. The van der Waals surface area contributed by atoms with Gasteiger partial charge in [-0.15, -0.1) is 0 Å². The van der Waals surface area contributed by atoms with E-state index in [4.69, 9.17) is 4.74 Å². The summed E-state index contributed by atoms with van der Waals surface area (Å²) in [6.45, 7) is 1.88. The maximum Gasteiger partial charge on any atom is 0.0912 e. The molecule has 1 aliphatic heterocycles. The number of ether oxygens (including phenoxy) is 1. The first kappa shape index (κ1) is 5.45. The average Bonchev–Trinajstić information content (AvgIpc) is 2.33. The molecule has 1 N–H and O–H groups in total. The molecule has 2 aliphatic rings. The quantitative estimate of drug-likeness (QED) is 0.470. The molecule has 1 saturated heterocycles. The minimum Gasteiger partial charge on any atom is -0.371 e. The monoisotopic (exact) mass is 125 g/mol. The molecular weight excluding hydrogens is 114 g/mol.